The van der Waals surface area contributed by atoms with E-state index in [2.05, 4.69) is 32.2 Å². The summed E-state index contributed by atoms with van der Waals surface area (Å²) in [6, 6.07) is 0. The van der Waals surface area contributed by atoms with E-state index in [1.54, 1.807) is 6.21 Å². The summed E-state index contributed by atoms with van der Waals surface area (Å²) in [6.07, 6.45) is 6.79. The van der Waals surface area contributed by atoms with E-state index >= 15 is 0 Å². The second-order valence-electron chi connectivity index (χ2n) is 2.16. The monoisotopic (exact) mass is 196 g/mol. The van der Waals surface area contributed by atoms with E-state index in [1.807, 2.05) is 6.08 Å². The van der Waals surface area contributed by atoms with E-state index in [1.165, 1.54) is 0 Å². The van der Waals surface area contributed by atoms with Crippen LogP contribution in [0.1, 0.15) is 6.42 Å². The predicted octanol–water partition coefficient (Wildman–Crippen LogP) is 2.04. The summed E-state index contributed by atoms with van der Waals surface area (Å²) in [4.78, 5) is 0. The average molecular weight is 197 g/mol. The summed E-state index contributed by atoms with van der Waals surface area (Å²) in [5, 5.41) is 7.77. The number of allylic oxidation sites excluding steroid dienone is 4. The first-order valence-electron chi connectivity index (χ1n) is 3.04. The van der Waals surface area contributed by atoms with Gasteiger partial charge in [-0.15, -0.1) is 0 Å². The number of hydrogen-bond donors (Lipinski definition) is 0. The molecular weight excluding hydrogens is 192 g/mol. The van der Waals surface area contributed by atoms with Crippen LogP contribution < -0.4 is 0 Å². The molecule has 50 valence electrons. The van der Waals surface area contributed by atoms with Crippen LogP contribution in [0.3, 0.4) is 0 Å². The van der Waals surface area contributed by atoms with E-state index in [9.17, 15) is 0 Å². The Bertz CT molecular complexity index is 284. The molecular formula is C7H5BrN2. The zero-order valence-electron chi connectivity index (χ0n) is 5.21. The van der Waals surface area contributed by atoms with Crippen LogP contribution in [0.4, 0.5) is 0 Å². The van der Waals surface area contributed by atoms with Gasteiger partial charge in [0.05, 0.1) is 11.9 Å². The van der Waals surface area contributed by atoms with Gasteiger partial charge in [-0.2, -0.15) is 10.2 Å². The Labute approximate surface area is 67.2 Å². The van der Waals surface area contributed by atoms with Crippen molar-refractivity contribution < 1.29 is 0 Å². The fraction of sp³-hybridized carbons (Fsp3) is 0.143. The second kappa shape index (κ2) is 2.16. The number of rotatable bonds is 0. The summed E-state index contributed by atoms with van der Waals surface area (Å²) < 4.78 is 1.08. The van der Waals surface area contributed by atoms with Crippen LogP contribution in [-0.4, -0.2) is 11.9 Å². The summed E-state index contributed by atoms with van der Waals surface area (Å²) >= 11 is 3.42. The molecule has 2 aliphatic rings. The van der Waals surface area contributed by atoms with Gasteiger partial charge in [-0.05, 0) is 0 Å². The highest BCUT2D eigenvalue weighted by molar-refractivity contribution is 9.12. The largest absolute Gasteiger partial charge is 0.158 e. The third-order valence-electron chi connectivity index (χ3n) is 1.51. The number of hydrogen-bond acceptors (Lipinski definition) is 2. The molecule has 0 aromatic rings. The fourth-order valence-corrected chi connectivity index (χ4v) is 1.52. The molecule has 1 aliphatic carbocycles. The Morgan fingerprint density at radius 1 is 1.50 bits per heavy atom. The Kier molecular flexibility index (Phi) is 1.31. The molecule has 2 nitrogen and oxygen atoms in total. The third kappa shape index (κ3) is 0.778. The Morgan fingerprint density at radius 3 is 3.20 bits per heavy atom. The highest BCUT2D eigenvalue weighted by Crippen LogP contribution is 2.22. The number of fused-ring (bicyclic) bond motifs is 1. The second-order valence-corrected chi connectivity index (χ2v) is 3.01. The van der Waals surface area contributed by atoms with Gasteiger partial charge in [0.25, 0.3) is 0 Å². The van der Waals surface area contributed by atoms with Crippen molar-refractivity contribution in [3.05, 3.63) is 22.2 Å². The molecule has 0 saturated heterocycles. The lowest BCUT2D eigenvalue weighted by Gasteiger charge is -2.04. The summed E-state index contributed by atoms with van der Waals surface area (Å²) in [6.45, 7) is 0. The van der Waals surface area contributed by atoms with Gasteiger partial charge in [-0.1, -0.05) is 28.1 Å². The molecule has 0 spiro atoms. The van der Waals surface area contributed by atoms with Crippen molar-refractivity contribution in [2.24, 2.45) is 10.2 Å². The van der Waals surface area contributed by atoms with Gasteiger partial charge in [0.2, 0.25) is 0 Å². The van der Waals surface area contributed by atoms with Crippen LogP contribution in [-0.2, 0) is 0 Å². The molecule has 0 saturated carbocycles. The Morgan fingerprint density at radius 2 is 2.40 bits per heavy atom. The molecule has 0 N–H and O–H groups in total. The van der Waals surface area contributed by atoms with Gasteiger partial charge in [-0.3, -0.25) is 0 Å². The molecule has 0 bridgehead atoms. The average Bonchev–Trinajstić information content (AvgIpc) is 2.36. The molecule has 1 aliphatic heterocycles. The summed E-state index contributed by atoms with van der Waals surface area (Å²) in [7, 11) is 0. The lowest BCUT2D eigenvalue weighted by Crippen LogP contribution is -2.02. The normalized spacial score (nSPS) is 21.5. The van der Waals surface area contributed by atoms with Gasteiger partial charge >= 0.3 is 0 Å². The molecule has 0 amide bonds. The van der Waals surface area contributed by atoms with Crippen molar-refractivity contribution >= 4 is 27.9 Å². The van der Waals surface area contributed by atoms with Crippen molar-refractivity contribution in [2.75, 3.05) is 0 Å². The molecule has 3 heteroatoms. The first kappa shape index (κ1) is 6.04. The van der Waals surface area contributed by atoms with Crippen LogP contribution in [0.15, 0.2) is 32.4 Å². The van der Waals surface area contributed by atoms with Crippen molar-refractivity contribution in [1.82, 2.24) is 0 Å². The van der Waals surface area contributed by atoms with Gasteiger partial charge in [0.1, 0.15) is 0 Å². The SMILES string of the molecule is BrC1=C2C=NN=C2CC=C1. The molecule has 0 unspecified atom stereocenters. The maximum absolute atomic E-state index is 3.96. The van der Waals surface area contributed by atoms with Crippen LogP contribution in [0, 0.1) is 0 Å². The highest BCUT2D eigenvalue weighted by atomic mass is 79.9. The van der Waals surface area contributed by atoms with E-state index in [0.717, 1.165) is 22.2 Å². The quantitative estimate of drug-likeness (QED) is 0.567. The van der Waals surface area contributed by atoms with E-state index in [4.69, 9.17) is 0 Å². The minimum atomic E-state index is 0.907. The van der Waals surface area contributed by atoms with Gasteiger partial charge in [-0.25, -0.2) is 0 Å². The molecule has 0 fully saturated rings. The lowest BCUT2D eigenvalue weighted by atomic mass is 10.0. The van der Waals surface area contributed by atoms with Gasteiger partial charge in [0.15, 0.2) is 0 Å². The summed E-state index contributed by atoms with van der Waals surface area (Å²) in [5.74, 6) is 0. The third-order valence-corrected chi connectivity index (χ3v) is 2.20. The number of halogens is 1. The van der Waals surface area contributed by atoms with E-state index in [-0.39, 0.29) is 0 Å². The van der Waals surface area contributed by atoms with Crippen LogP contribution in [0.25, 0.3) is 0 Å². The first-order valence-corrected chi connectivity index (χ1v) is 3.84. The minimum Gasteiger partial charge on any atom is -0.158 e. The zero-order valence-corrected chi connectivity index (χ0v) is 6.80. The molecule has 10 heavy (non-hydrogen) atoms. The first-order chi connectivity index (χ1) is 4.88. The summed E-state index contributed by atoms with van der Waals surface area (Å²) in [5.41, 5.74) is 2.19. The van der Waals surface area contributed by atoms with Gasteiger partial charge < -0.3 is 0 Å². The standard InChI is InChI=1S/C7H5BrN2/c8-6-2-1-3-7-5(6)4-9-10-7/h1-2,4H,3H2. The van der Waals surface area contributed by atoms with E-state index < -0.39 is 0 Å². The Balaban J connectivity index is 2.53. The molecule has 0 radical (unpaired) electrons. The molecule has 0 aromatic heterocycles. The molecule has 2 rings (SSSR count). The topological polar surface area (TPSA) is 24.7 Å². The van der Waals surface area contributed by atoms with Gasteiger partial charge in [0, 0.05) is 16.5 Å². The van der Waals surface area contributed by atoms with Crippen LogP contribution in [0.2, 0.25) is 0 Å². The predicted molar refractivity (Wildman–Crippen MR) is 45.6 cm³/mol. The van der Waals surface area contributed by atoms with Crippen molar-refractivity contribution in [2.45, 2.75) is 6.42 Å². The van der Waals surface area contributed by atoms with Crippen LogP contribution >= 0.6 is 15.9 Å². The smallest absolute Gasteiger partial charge is 0.0767 e. The Hall–Kier alpha value is -0.700. The lowest BCUT2D eigenvalue weighted by molar-refractivity contribution is 1.25. The molecule has 0 atom stereocenters. The fourth-order valence-electron chi connectivity index (χ4n) is 0.999. The maximum Gasteiger partial charge on any atom is 0.0767 e. The molecule has 1 heterocycles. The van der Waals surface area contributed by atoms with E-state index in [0.29, 0.717) is 0 Å². The highest BCUT2D eigenvalue weighted by Gasteiger charge is 2.14. The van der Waals surface area contributed by atoms with Crippen molar-refractivity contribution in [3.63, 3.8) is 0 Å². The van der Waals surface area contributed by atoms with Crippen LogP contribution in [0.5, 0.6) is 0 Å². The zero-order chi connectivity index (χ0) is 6.97. The molecule has 0 aromatic carbocycles. The minimum absolute atomic E-state index is 0.907. The van der Waals surface area contributed by atoms with Crippen molar-refractivity contribution in [1.29, 1.82) is 0 Å². The van der Waals surface area contributed by atoms with Crippen molar-refractivity contribution in [3.8, 4) is 0 Å². The maximum atomic E-state index is 3.96. The number of nitrogens with zero attached hydrogens (tertiary/aromatic N) is 2.